The first-order valence-electron chi connectivity index (χ1n) is 7.01. The van der Waals surface area contributed by atoms with Crippen LogP contribution >= 0.6 is 0 Å². The molecule has 1 rings (SSSR count). The van der Waals surface area contributed by atoms with Crippen molar-refractivity contribution >= 4 is 0 Å². The Morgan fingerprint density at radius 1 is 1.22 bits per heavy atom. The van der Waals surface area contributed by atoms with E-state index in [1.54, 1.807) is 0 Å². The van der Waals surface area contributed by atoms with Gasteiger partial charge in [0.15, 0.2) is 0 Å². The molecule has 0 saturated heterocycles. The van der Waals surface area contributed by atoms with Gasteiger partial charge in [-0.2, -0.15) is 0 Å². The van der Waals surface area contributed by atoms with Crippen LogP contribution in [0.3, 0.4) is 0 Å². The van der Waals surface area contributed by atoms with E-state index >= 15 is 0 Å². The Bertz CT molecular complexity index is 349. The topological polar surface area (TPSA) is 20.2 Å². The Morgan fingerprint density at radius 2 is 1.89 bits per heavy atom. The van der Waals surface area contributed by atoms with Crippen LogP contribution in [0.5, 0.6) is 0 Å². The van der Waals surface area contributed by atoms with Gasteiger partial charge in [0.1, 0.15) is 0 Å². The fraction of sp³-hybridized carbons (Fsp3) is 0.529. The summed E-state index contributed by atoms with van der Waals surface area (Å²) in [4.78, 5) is 0. The van der Waals surface area contributed by atoms with E-state index in [9.17, 15) is 5.11 Å². The van der Waals surface area contributed by atoms with E-state index < -0.39 is 0 Å². The molecule has 0 fully saturated rings. The average molecular weight is 246 g/mol. The molecular weight excluding hydrogens is 220 g/mol. The second-order valence-electron chi connectivity index (χ2n) is 5.24. The largest absolute Gasteiger partial charge is 0.392 e. The van der Waals surface area contributed by atoms with E-state index in [1.807, 2.05) is 6.07 Å². The summed E-state index contributed by atoms with van der Waals surface area (Å²) < 4.78 is 0. The molecule has 0 aliphatic carbocycles. The minimum Gasteiger partial charge on any atom is -0.392 e. The Labute approximate surface area is 112 Å². The van der Waals surface area contributed by atoms with Crippen molar-refractivity contribution in [3.05, 3.63) is 47.5 Å². The first-order chi connectivity index (χ1) is 8.65. The van der Waals surface area contributed by atoms with Gasteiger partial charge in [-0.05, 0) is 32.3 Å². The summed E-state index contributed by atoms with van der Waals surface area (Å²) in [6.07, 6.45) is 6.06. The molecule has 1 aromatic carbocycles. The molecule has 0 radical (unpaired) electrons. The molecule has 1 nitrogen and oxygen atoms in total. The van der Waals surface area contributed by atoms with Crippen LogP contribution in [0, 0.1) is 0 Å². The van der Waals surface area contributed by atoms with Crippen molar-refractivity contribution in [1.29, 1.82) is 0 Å². The fourth-order valence-corrected chi connectivity index (χ4v) is 2.19. The van der Waals surface area contributed by atoms with Crippen molar-refractivity contribution in [2.75, 3.05) is 0 Å². The van der Waals surface area contributed by atoms with Crippen molar-refractivity contribution in [3.63, 3.8) is 0 Å². The number of aliphatic hydroxyl groups is 1. The van der Waals surface area contributed by atoms with Gasteiger partial charge in [0.2, 0.25) is 0 Å². The zero-order valence-corrected chi connectivity index (χ0v) is 11.9. The van der Waals surface area contributed by atoms with Gasteiger partial charge in [-0.1, -0.05) is 61.7 Å². The van der Waals surface area contributed by atoms with Crippen molar-refractivity contribution in [3.8, 4) is 0 Å². The third kappa shape index (κ3) is 5.05. The monoisotopic (exact) mass is 246 g/mol. The van der Waals surface area contributed by atoms with Crippen LogP contribution in [-0.2, 0) is 0 Å². The summed E-state index contributed by atoms with van der Waals surface area (Å²) in [7, 11) is 0. The Kier molecular flexibility index (Phi) is 6.74. The number of rotatable bonds is 7. The Balaban J connectivity index is 2.78. The van der Waals surface area contributed by atoms with Crippen molar-refractivity contribution < 1.29 is 5.11 Å². The maximum absolute atomic E-state index is 10.4. The summed E-state index contributed by atoms with van der Waals surface area (Å²) in [5.41, 5.74) is 2.57. The van der Waals surface area contributed by atoms with Crippen LogP contribution in [0.2, 0.25) is 0 Å². The summed E-state index contributed by atoms with van der Waals surface area (Å²) in [6, 6.07) is 10.4. The fourth-order valence-electron chi connectivity index (χ4n) is 2.19. The zero-order valence-electron chi connectivity index (χ0n) is 11.9. The molecule has 100 valence electrons. The highest BCUT2D eigenvalue weighted by molar-refractivity contribution is 5.22. The van der Waals surface area contributed by atoms with Gasteiger partial charge in [-0.15, -0.1) is 0 Å². The lowest BCUT2D eigenvalue weighted by Crippen LogP contribution is -2.18. The van der Waals surface area contributed by atoms with Crippen molar-refractivity contribution in [1.82, 2.24) is 0 Å². The summed E-state index contributed by atoms with van der Waals surface area (Å²) >= 11 is 0. The second-order valence-corrected chi connectivity index (χ2v) is 5.24. The number of unbranched alkanes of at least 4 members (excludes halogenated alkanes) is 1. The van der Waals surface area contributed by atoms with E-state index in [0.29, 0.717) is 0 Å². The van der Waals surface area contributed by atoms with E-state index in [2.05, 4.69) is 51.1 Å². The highest BCUT2D eigenvalue weighted by Crippen LogP contribution is 2.27. The lowest BCUT2D eigenvalue weighted by atomic mass is 9.87. The first kappa shape index (κ1) is 15.0. The Morgan fingerprint density at radius 3 is 2.44 bits per heavy atom. The summed E-state index contributed by atoms with van der Waals surface area (Å²) in [5, 5.41) is 10.4. The molecule has 0 aromatic heterocycles. The van der Waals surface area contributed by atoms with Crippen molar-refractivity contribution in [2.45, 2.75) is 58.5 Å². The molecule has 0 amide bonds. The van der Waals surface area contributed by atoms with Crippen LogP contribution in [-0.4, -0.2) is 11.2 Å². The zero-order chi connectivity index (χ0) is 13.4. The molecule has 0 bridgehead atoms. The number of hydrogen-bond acceptors (Lipinski definition) is 1. The third-order valence-corrected chi connectivity index (χ3v) is 3.33. The van der Waals surface area contributed by atoms with Gasteiger partial charge in [-0.3, -0.25) is 0 Å². The van der Waals surface area contributed by atoms with E-state index in [0.717, 1.165) is 25.7 Å². The predicted molar refractivity (Wildman–Crippen MR) is 78.8 cm³/mol. The van der Waals surface area contributed by atoms with E-state index in [4.69, 9.17) is 0 Å². The van der Waals surface area contributed by atoms with Crippen LogP contribution in [0.15, 0.2) is 42.0 Å². The minimum atomic E-state index is -0.233. The van der Waals surface area contributed by atoms with Gasteiger partial charge in [-0.25, -0.2) is 0 Å². The van der Waals surface area contributed by atoms with Crippen LogP contribution < -0.4 is 0 Å². The molecule has 0 spiro atoms. The second kappa shape index (κ2) is 8.10. The van der Waals surface area contributed by atoms with Gasteiger partial charge in [0, 0.05) is 5.92 Å². The van der Waals surface area contributed by atoms with Crippen LogP contribution in [0.25, 0.3) is 0 Å². The Hall–Kier alpha value is -1.08. The highest BCUT2D eigenvalue weighted by atomic mass is 16.3. The van der Waals surface area contributed by atoms with E-state index in [1.165, 1.54) is 11.1 Å². The van der Waals surface area contributed by atoms with Gasteiger partial charge in [0.05, 0.1) is 6.10 Å². The molecule has 1 N–H and O–H groups in total. The van der Waals surface area contributed by atoms with Gasteiger partial charge in [0.25, 0.3) is 0 Å². The maximum atomic E-state index is 10.4. The maximum Gasteiger partial charge on any atom is 0.0611 e. The molecule has 0 heterocycles. The molecule has 0 saturated carbocycles. The first-order valence-corrected chi connectivity index (χ1v) is 7.01. The third-order valence-electron chi connectivity index (χ3n) is 3.33. The van der Waals surface area contributed by atoms with Crippen LogP contribution in [0.4, 0.5) is 0 Å². The number of allylic oxidation sites excluding steroid dienone is 2. The molecule has 0 aliphatic heterocycles. The van der Waals surface area contributed by atoms with Crippen LogP contribution in [0.1, 0.15) is 57.9 Å². The molecule has 0 aliphatic rings. The SMILES string of the molecule is CCCC[C@H](O)[C@@H](CC=C(C)C)c1ccccc1. The van der Waals surface area contributed by atoms with Crippen molar-refractivity contribution in [2.24, 2.45) is 0 Å². The molecule has 2 atom stereocenters. The molecule has 1 aromatic rings. The minimum absolute atomic E-state index is 0.229. The molecule has 18 heavy (non-hydrogen) atoms. The van der Waals surface area contributed by atoms with E-state index in [-0.39, 0.29) is 12.0 Å². The molecular formula is C17H26O. The average Bonchev–Trinajstić information content (AvgIpc) is 2.37. The highest BCUT2D eigenvalue weighted by Gasteiger charge is 2.19. The molecule has 0 unspecified atom stereocenters. The normalized spacial score (nSPS) is 14.0. The quantitative estimate of drug-likeness (QED) is 0.693. The van der Waals surface area contributed by atoms with Gasteiger partial charge < -0.3 is 5.11 Å². The molecule has 1 heteroatoms. The standard InChI is InChI=1S/C17H26O/c1-4-5-11-17(18)16(13-12-14(2)3)15-9-7-6-8-10-15/h6-10,12,16-18H,4-5,11,13H2,1-3H3/t16-,17-/m0/s1. The smallest absolute Gasteiger partial charge is 0.0611 e. The summed E-state index contributed by atoms with van der Waals surface area (Å²) in [6.45, 7) is 6.39. The van der Waals surface area contributed by atoms with Gasteiger partial charge >= 0.3 is 0 Å². The lowest BCUT2D eigenvalue weighted by Gasteiger charge is -2.22. The predicted octanol–water partition coefficient (Wildman–Crippen LogP) is 4.68. The number of benzene rings is 1. The summed E-state index contributed by atoms with van der Waals surface area (Å²) in [5.74, 6) is 0.229. The number of aliphatic hydroxyl groups excluding tert-OH is 1. The number of hydrogen-bond donors (Lipinski definition) is 1. The lowest BCUT2D eigenvalue weighted by molar-refractivity contribution is 0.131.